The van der Waals surface area contributed by atoms with Crippen molar-refractivity contribution in [3.8, 4) is 0 Å². The Bertz CT molecular complexity index is 541. The first-order chi connectivity index (χ1) is 8.50. The molecule has 0 aliphatic heterocycles. The summed E-state index contributed by atoms with van der Waals surface area (Å²) in [5.74, 6) is 0. The number of halogens is 1. The first kappa shape index (κ1) is 14.0. The Morgan fingerprint density at radius 1 is 1.44 bits per heavy atom. The number of sulfonamides is 1. The molecule has 0 bridgehead atoms. The summed E-state index contributed by atoms with van der Waals surface area (Å²) in [5.41, 5.74) is 6.45. The van der Waals surface area contributed by atoms with Crippen molar-refractivity contribution in [3.63, 3.8) is 0 Å². The summed E-state index contributed by atoms with van der Waals surface area (Å²) in [5, 5.41) is 0. The Morgan fingerprint density at radius 2 is 2.11 bits per heavy atom. The summed E-state index contributed by atoms with van der Waals surface area (Å²) < 4.78 is 27.2. The van der Waals surface area contributed by atoms with E-state index in [-0.39, 0.29) is 6.04 Å². The van der Waals surface area contributed by atoms with Crippen molar-refractivity contribution in [3.05, 3.63) is 28.2 Å². The highest BCUT2D eigenvalue weighted by Crippen LogP contribution is 2.34. The topological polar surface area (TPSA) is 63.4 Å². The Labute approximate surface area is 116 Å². The van der Waals surface area contributed by atoms with Crippen LogP contribution in [0.5, 0.6) is 0 Å². The molecule has 2 rings (SSSR count). The van der Waals surface area contributed by atoms with Crippen LogP contribution in [-0.2, 0) is 16.6 Å². The first-order valence-electron chi connectivity index (χ1n) is 6.01. The van der Waals surface area contributed by atoms with Gasteiger partial charge in [0.15, 0.2) is 0 Å². The molecule has 1 fully saturated rings. The third-order valence-corrected chi connectivity index (χ3v) is 6.09. The third kappa shape index (κ3) is 2.61. The van der Waals surface area contributed by atoms with Crippen molar-refractivity contribution >= 4 is 26.0 Å². The van der Waals surface area contributed by atoms with Crippen LogP contribution in [0.3, 0.4) is 0 Å². The van der Waals surface area contributed by atoms with Gasteiger partial charge < -0.3 is 5.73 Å². The molecule has 1 aliphatic rings. The van der Waals surface area contributed by atoms with Gasteiger partial charge in [-0.15, -0.1) is 0 Å². The van der Waals surface area contributed by atoms with Crippen molar-refractivity contribution in [2.75, 3.05) is 6.54 Å². The van der Waals surface area contributed by atoms with Crippen LogP contribution < -0.4 is 5.73 Å². The lowest BCUT2D eigenvalue weighted by Crippen LogP contribution is -2.33. The summed E-state index contributed by atoms with van der Waals surface area (Å²) in [6.45, 7) is 2.79. The molecule has 0 spiro atoms. The van der Waals surface area contributed by atoms with Crippen molar-refractivity contribution in [2.24, 2.45) is 5.73 Å². The number of hydrogen-bond acceptors (Lipinski definition) is 3. The lowest BCUT2D eigenvalue weighted by Gasteiger charge is -2.20. The molecular weight excluding hydrogens is 316 g/mol. The summed E-state index contributed by atoms with van der Waals surface area (Å²) in [4.78, 5) is 0.327. The van der Waals surface area contributed by atoms with Gasteiger partial charge in [0, 0.05) is 23.6 Å². The maximum Gasteiger partial charge on any atom is 0.244 e. The molecule has 0 heterocycles. The van der Waals surface area contributed by atoms with E-state index < -0.39 is 10.0 Å². The van der Waals surface area contributed by atoms with Gasteiger partial charge in [-0.2, -0.15) is 4.31 Å². The highest BCUT2D eigenvalue weighted by molar-refractivity contribution is 9.10. The highest BCUT2D eigenvalue weighted by Gasteiger charge is 2.37. The number of nitrogens with two attached hydrogens (primary N) is 1. The van der Waals surface area contributed by atoms with E-state index in [0.29, 0.717) is 22.5 Å². The Morgan fingerprint density at radius 3 is 2.56 bits per heavy atom. The molecular formula is C12H17BrN2O2S. The minimum atomic E-state index is -3.40. The fraction of sp³-hybridized carbons (Fsp3) is 0.500. The average molecular weight is 333 g/mol. The molecule has 0 amide bonds. The van der Waals surface area contributed by atoms with Gasteiger partial charge in [-0.3, -0.25) is 0 Å². The molecule has 0 radical (unpaired) electrons. The molecule has 4 nitrogen and oxygen atoms in total. The second-order valence-electron chi connectivity index (χ2n) is 4.41. The molecule has 0 saturated heterocycles. The van der Waals surface area contributed by atoms with Crippen LogP contribution in [0.1, 0.15) is 25.3 Å². The molecule has 1 aliphatic carbocycles. The number of rotatable bonds is 5. The van der Waals surface area contributed by atoms with Crippen LogP contribution >= 0.6 is 15.9 Å². The first-order valence-corrected chi connectivity index (χ1v) is 8.24. The normalized spacial score (nSPS) is 16.2. The molecule has 1 saturated carbocycles. The quantitative estimate of drug-likeness (QED) is 0.897. The molecule has 100 valence electrons. The van der Waals surface area contributed by atoms with Gasteiger partial charge in [-0.25, -0.2) is 8.42 Å². The van der Waals surface area contributed by atoms with E-state index in [0.717, 1.165) is 18.4 Å². The molecule has 1 aromatic rings. The molecule has 6 heteroatoms. The fourth-order valence-corrected chi connectivity index (χ4v) is 4.77. The molecule has 0 aromatic heterocycles. The Hall–Kier alpha value is -0.430. The number of benzene rings is 1. The van der Waals surface area contributed by atoms with Crippen LogP contribution in [0, 0.1) is 0 Å². The summed E-state index contributed by atoms with van der Waals surface area (Å²) in [7, 11) is -3.40. The van der Waals surface area contributed by atoms with Crippen LogP contribution in [0.15, 0.2) is 27.6 Å². The summed E-state index contributed by atoms with van der Waals surface area (Å²) >= 11 is 3.33. The second-order valence-corrected chi connectivity index (χ2v) is 7.12. The maximum atomic E-state index is 12.5. The molecule has 2 N–H and O–H groups in total. The molecule has 0 atom stereocenters. The summed E-state index contributed by atoms with van der Waals surface area (Å²) in [6, 6.07) is 5.35. The van der Waals surface area contributed by atoms with Gasteiger partial charge in [0.25, 0.3) is 0 Å². The lowest BCUT2D eigenvalue weighted by atomic mass is 10.2. The van der Waals surface area contributed by atoms with E-state index in [1.807, 2.05) is 6.92 Å². The largest absolute Gasteiger partial charge is 0.326 e. The summed E-state index contributed by atoms with van der Waals surface area (Å²) in [6.07, 6.45) is 1.93. The highest BCUT2D eigenvalue weighted by atomic mass is 79.9. The van der Waals surface area contributed by atoms with Gasteiger partial charge in [0.2, 0.25) is 10.0 Å². The molecule has 0 unspecified atom stereocenters. The van der Waals surface area contributed by atoms with Crippen molar-refractivity contribution in [2.45, 2.75) is 37.2 Å². The number of nitrogens with zero attached hydrogens (tertiary/aromatic N) is 1. The van der Waals surface area contributed by atoms with Gasteiger partial charge in [-0.1, -0.05) is 13.0 Å². The SMILES string of the molecule is CCN(C1CC1)S(=O)(=O)c1ccc(CN)cc1Br. The van der Waals surface area contributed by atoms with Crippen molar-refractivity contribution in [1.29, 1.82) is 0 Å². The van der Waals surface area contributed by atoms with E-state index in [4.69, 9.17) is 5.73 Å². The van der Waals surface area contributed by atoms with Gasteiger partial charge in [0.05, 0.1) is 4.90 Å². The van der Waals surface area contributed by atoms with Gasteiger partial charge in [0.1, 0.15) is 0 Å². The van der Waals surface area contributed by atoms with Crippen LogP contribution in [-0.4, -0.2) is 25.3 Å². The monoisotopic (exact) mass is 332 g/mol. The maximum absolute atomic E-state index is 12.5. The van der Waals surface area contributed by atoms with Crippen LogP contribution in [0.25, 0.3) is 0 Å². The smallest absolute Gasteiger partial charge is 0.244 e. The zero-order chi connectivity index (χ0) is 13.3. The molecule has 18 heavy (non-hydrogen) atoms. The van der Waals surface area contributed by atoms with Crippen molar-refractivity contribution < 1.29 is 8.42 Å². The zero-order valence-electron chi connectivity index (χ0n) is 10.3. The predicted octanol–water partition coefficient (Wildman–Crippen LogP) is 2.08. The van der Waals surface area contributed by atoms with E-state index in [1.54, 1.807) is 22.5 Å². The van der Waals surface area contributed by atoms with Gasteiger partial charge in [-0.05, 0) is 46.5 Å². The van der Waals surface area contributed by atoms with Gasteiger partial charge >= 0.3 is 0 Å². The Balaban J connectivity index is 2.40. The average Bonchev–Trinajstić information content (AvgIpc) is 3.13. The van der Waals surface area contributed by atoms with E-state index >= 15 is 0 Å². The predicted molar refractivity (Wildman–Crippen MR) is 74.6 cm³/mol. The zero-order valence-corrected chi connectivity index (χ0v) is 12.7. The Kier molecular flexibility index (Phi) is 4.11. The van der Waals surface area contributed by atoms with Crippen molar-refractivity contribution in [1.82, 2.24) is 4.31 Å². The van der Waals surface area contributed by atoms with E-state index in [2.05, 4.69) is 15.9 Å². The van der Waals surface area contributed by atoms with Crippen LogP contribution in [0.4, 0.5) is 0 Å². The molecule has 1 aromatic carbocycles. The second kappa shape index (κ2) is 5.28. The van der Waals surface area contributed by atoms with E-state index in [9.17, 15) is 8.42 Å². The minimum absolute atomic E-state index is 0.182. The standard InChI is InChI=1S/C12H17BrN2O2S/c1-2-15(10-4-5-10)18(16,17)12-6-3-9(8-14)7-11(12)13/h3,6-7,10H,2,4-5,8,14H2,1H3. The number of hydrogen-bond donors (Lipinski definition) is 1. The minimum Gasteiger partial charge on any atom is -0.326 e. The third-order valence-electron chi connectivity index (χ3n) is 3.08. The fourth-order valence-electron chi connectivity index (χ4n) is 1.99. The van der Waals surface area contributed by atoms with E-state index in [1.165, 1.54) is 0 Å². The van der Waals surface area contributed by atoms with Crippen LogP contribution in [0.2, 0.25) is 0 Å². The lowest BCUT2D eigenvalue weighted by molar-refractivity contribution is 0.420.